The minimum Gasteiger partial charge on any atom is -0.458 e. The zero-order chi connectivity index (χ0) is 18.6. The Kier molecular flexibility index (Phi) is 4.93. The highest BCUT2D eigenvalue weighted by Crippen LogP contribution is 2.22. The fraction of sp³-hybridized carbons (Fsp3) is 0.200. The summed E-state index contributed by atoms with van der Waals surface area (Å²) in [5, 5.41) is 8.82. The number of carbonyl (C=O) groups is 1. The van der Waals surface area contributed by atoms with Crippen molar-refractivity contribution in [2.24, 2.45) is 0 Å². The maximum Gasteiger partial charge on any atom is 0.306 e. The van der Waals surface area contributed by atoms with Crippen LogP contribution in [0.2, 0.25) is 0 Å². The largest absolute Gasteiger partial charge is 0.458 e. The molecule has 0 saturated carbocycles. The highest BCUT2D eigenvalue weighted by Gasteiger charge is 2.12. The van der Waals surface area contributed by atoms with E-state index in [0.717, 1.165) is 26.4 Å². The molecule has 0 aliphatic rings. The molecule has 6 nitrogen and oxygen atoms in total. The Balaban J connectivity index is 1.29. The first-order valence-corrected chi connectivity index (χ1v) is 9.38. The molecule has 4 rings (SSSR count). The van der Waals surface area contributed by atoms with E-state index in [1.165, 1.54) is 11.3 Å². The van der Waals surface area contributed by atoms with Gasteiger partial charge in [-0.15, -0.1) is 21.5 Å². The van der Waals surface area contributed by atoms with Crippen molar-refractivity contribution < 1.29 is 13.9 Å². The molecule has 0 unspecified atom stereocenters. The number of para-hydroxylation sites is 1. The number of nitrogens with zero attached hydrogens (tertiary/aromatic N) is 3. The van der Waals surface area contributed by atoms with Crippen molar-refractivity contribution in [1.29, 1.82) is 0 Å². The average Bonchev–Trinajstić information content (AvgIpc) is 3.32. The summed E-state index contributed by atoms with van der Waals surface area (Å²) in [4.78, 5) is 16.4. The Morgan fingerprint density at radius 2 is 1.93 bits per heavy atom. The average molecular weight is 379 g/mol. The lowest BCUT2D eigenvalue weighted by atomic mass is 10.1. The highest BCUT2D eigenvalue weighted by molar-refractivity contribution is 7.18. The molecule has 0 aliphatic heterocycles. The van der Waals surface area contributed by atoms with Crippen LogP contribution in [-0.2, 0) is 22.6 Å². The van der Waals surface area contributed by atoms with E-state index < -0.39 is 0 Å². The van der Waals surface area contributed by atoms with Crippen LogP contribution in [0.25, 0.3) is 21.7 Å². The third-order valence-electron chi connectivity index (χ3n) is 4.00. The normalized spacial score (nSPS) is 11.0. The van der Waals surface area contributed by atoms with Crippen molar-refractivity contribution in [3.8, 4) is 11.5 Å². The quantitative estimate of drug-likeness (QED) is 0.464. The fourth-order valence-corrected chi connectivity index (χ4v) is 3.45. The van der Waals surface area contributed by atoms with Gasteiger partial charge in [0.05, 0.1) is 16.6 Å². The minimum absolute atomic E-state index is 0.177. The van der Waals surface area contributed by atoms with E-state index >= 15 is 0 Å². The van der Waals surface area contributed by atoms with Crippen molar-refractivity contribution in [2.45, 2.75) is 26.4 Å². The second-order valence-corrected chi connectivity index (χ2v) is 7.22. The molecule has 0 saturated heterocycles. The van der Waals surface area contributed by atoms with Crippen LogP contribution >= 0.6 is 11.3 Å². The van der Waals surface area contributed by atoms with Gasteiger partial charge >= 0.3 is 5.97 Å². The van der Waals surface area contributed by atoms with E-state index in [-0.39, 0.29) is 19.0 Å². The van der Waals surface area contributed by atoms with Crippen molar-refractivity contribution in [3.05, 3.63) is 65.0 Å². The Morgan fingerprint density at radius 1 is 1.11 bits per heavy atom. The first-order chi connectivity index (χ1) is 13.2. The van der Waals surface area contributed by atoms with Crippen molar-refractivity contribution >= 4 is 27.5 Å². The summed E-state index contributed by atoms with van der Waals surface area (Å²) in [5.41, 5.74) is 2.94. The van der Waals surface area contributed by atoms with Crippen LogP contribution in [-0.4, -0.2) is 21.2 Å². The van der Waals surface area contributed by atoms with Gasteiger partial charge in [0.25, 0.3) is 0 Å². The smallest absolute Gasteiger partial charge is 0.306 e. The van der Waals surface area contributed by atoms with E-state index in [4.69, 9.17) is 9.15 Å². The molecule has 0 aliphatic carbocycles. The Morgan fingerprint density at radius 3 is 2.74 bits per heavy atom. The van der Waals surface area contributed by atoms with E-state index in [1.54, 1.807) is 0 Å². The van der Waals surface area contributed by atoms with Crippen LogP contribution in [0, 0.1) is 6.92 Å². The lowest BCUT2D eigenvalue weighted by Crippen LogP contribution is -2.06. The standard InChI is InChI=1S/C20H17N3O3S/c1-13-6-8-14(9-7-13)20-23-22-17(26-20)10-11-19(24)25-12-18-21-15-4-2-3-5-16(15)27-18/h2-9H,10-12H2,1H3. The monoisotopic (exact) mass is 379 g/mol. The van der Waals surface area contributed by atoms with E-state index in [0.29, 0.717) is 18.2 Å². The zero-order valence-corrected chi connectivity index (χ0v) is 15.5. The molecular weight excluding hydrogens is 362 g/mol. The topological polar surface area (TPSA) is 78.1 Å². The van der Waals surface area contributed by atoms with Crippen molar-refractivity contribution in [1.82, 2.24) is 15.2 Å². The van der Waals surface area contributed by atoms with Gasteiger partial charge in [-0.25, -0.2) is 4.98 Å². The molecule has 2 heterocycles. The van der Waals surface area contributed by atoms with Gasteiger partial charge in [0.1, 0.15) is 11.6 Å². The molecule has 0 fully saturated rings. The molecule has 7 heteroatoms. The van der Waals surface area contributed by atoms with Gasteiger partial charge in [0, 0.05) is 12.0 Å². The number of rotatable bonds is 6. The van der Waals surface area contributed by atoms with Gasteiger partial charge in [-0.2, -0.15) is 0 Å². The second-order valence-electron chi connectivity index (χ2n) is 6.10. The molecule has 0 radical (unpaired) electrons. The van der Waals surface area contributed by atoms with Gasteiger partial charge in [-0.05, 0) is 31.2 Å². The summed E-state index contributed by atoms with van der Waals surface area (Å²) < 4.78 is 12.0. The van der Waals surface area contributed by atoms with Crippen molar-refractivity contribution in [2.75, 3.05) is 0 Å². The number of ether oxygens (including phenoxy) is 1. The van der Waals surface area contributed by atoms with E-state index in [9.17, 15) is 4.79 Å². The number of carbonyl (C=O) groups excluding carboxylic acids is 1. The molecule has 0 atom stereocenters. The minimum atomic E-state index is -0.315. The zero-order valence-electron chi connectivity index (χ0n) is 14.7. The Labute approximate surface area is 159 Å². The van der Waals surface area contributed by atoms with Gasteiger partial charge in [0.15, 0.2) is 0 Å². The van der Waals surface area contributed by atoms with Gasteiger partial charge in [-0.3, -0.25) is 4.79 Å². The van der Waals surface area contributed by atoms with Gasteiger partial charge in [-0.1, -0.05) is 29.8 Å². The number of hydrogen-bond donors (Lipinski definition) is 0. The lowest BCUT2D eigenvalue weighted by molar-refractivity contribution is -0.145. The summed E-state index contributed by atoms with van der Waals surface area (Å²) in [6, 6.07) is 15.7. The number of aromatic nitrogens is 3. The van der Waals surface area contributed by atoms with Crippen LogP contribution in [0.3, 0.4) is 0 Å². The SMILES string of the molecule is Cc1ccc(-c2nnc(CCC(=O)OCc3nc4ccccc4s3)o2)cc1. The van der Waals surface area contributed by atoms with Gasteiger partial charge in [0.2, 0.25) is 11.8 Å². The van der Waals surface area contributed by atoms with Crippen LogP contribution in [0.1, 0.15) is 22.9 Å². The molecule has 2 aromatic carbocycles. The molecular formula is C20H17N3O3S. The van der Waals surface area contributed by atoms with E-state index in [2.05, 4.69) is 15.2 Å². The van der Waals surface area contributed by atoms with Crippen LogP contribution in [0.4, 0.5) is 0 Å². The molecule has 0 N–H and O–H groups in total. The Bertz CT molecular complexity index is 1040. The maximum absolute atomic E-state index is 12.0. The number of hydrogen-bond acceptors (Lipinski definition) is 7. The summed E-state index contributed by atoms with van der Waals surface area (Å²) >= 11 is 1.53. The summed E-state index contributed by atoms with van der Waals surface area (Å²) in [6.07, 6.45) is 0.526. The van der Waals surface area contributed by atoms with E-state index in [1.807, 2.05) is 55.5 Å². The van der Waals surface area contributed by atoms with Crippen LogP contribution in [0.15, 0.2) is 52.9 Å². The molecule has 0 spiro atoms. The number of benzene rings is 2. The third-order valence-corrected chi connectivity index (χ3v) is 5.01. The highest BCUT2D eigenvalue weighted by atomic mass is 32.1. The van der Waals surface area contributed by atoms with Crippen molar-refractivity contribution in [3.63, 3.8) is 0 Å². The number of thiazole rings is 1. The van der Waals surface area contributed by atoms with Gasteiger partial charge < -0.3 is 9.15 Å². The first kappa shape index (κ1) is 17.4. The third kappa shape index (κ3) is 4.20. The van der Waals surface area contributed by atoms with Crippen LogP contribution < -0.4 is 0 Å². The molecule has 0 amide bonds. The molecule has 4 aromatic rings. The number of aryl methyl sites for hydroxylation is 2. The lowest BCUT2D eigenvalue weighted by Gasteiger charge is -2.00. The van der Waals surface area contributed by atoms with Crippen LogP contribution in [0.5, 0.6) is 0 Å². The number of fused-ring (bicyclic) bond motifs is 1. The predicted molar refractivity (Wildman–Crippen MR) is 102 cm³/mol. The first-order valence-electron chi connectivity index (χ1n) is 8.57. The summed E-state index contributed by atoms with van der Waals surface area (Å²) in [5.74, 6) is 0.555. The maximum atomic E-state index is 12.0. The number of esters is 1. The molecule has 136 valence electrons. The molecule has 2 aromatic heterocycles. The summed E-state index contributed by atoms with van der Waals surface area (Å²) in [7, 11) is 0. The summed E-state index contributed by atoms with van der Waals surface area (Å²) in [6.45, 7) is 2.19. The molecule has 27 heavy (non-hydrogen) atoms. The Hall–Kier alpha value is -3.06. The predicted octanol–water partition coefficient (Wildman–Crippen LogP) is 4.33. The fourth-order valence-electron chi connectivity index (χ4n) is 2.57. The second kappa shape index (κ2) is 7.67. The molecule has 0 bridgehead atoms.